The van der Waals surface area contributed by atoms with Crippen LogP contribution in [0, 0.1) is 0 Å². The lowest BCUT2D eigenvalue weighted by Crippen LogP contribution is -2.37. The van der Waals surface area contributed by atoms with Crippen LogP contribution in [0.4, 0.5) is 5.69 Å². The molecule has 1 saturated heterocycles. The molecule has 0 unspecified atom stereocenters. The third-order valence-electron chi connectivity index (χ3n) is 4.13. The first-order chi connectivity index (χ1) is 10.2. The Labute approximate surface area is 128 Å². The van der Waals surface area contributed by atoms with Crippen molar-refractivity contribution in [2.45, 2.75) is 33.2 Å². The molecule has 4 heteroatoms. The van der Waals surface area contributed by atoms with Gasteiger partial charge < -0.3 is 15.1 Å². The van der Waals surface area contributed by atoms with E-state index in [1.807, 2.05) is 18.7 Å². The summed E-state index contributed by atoms with van der Waals surface area (Å²) < 4.78 is 0. The minimum absolute atomic E-state index is 0.175. The molecule has 0 saturated carbocycles. The molecule has 1 heterocycles. The van der Waals surface area contributed by atoms with E-state index in [4.69, 9.17) is 0 Å². The third-order valence-corrected chi connectivity index (χ3v) is 4.13. The topological polar surface area (TPSA) is 35.6 Å². The van der Waals surface area contributed by atoms with Crippen LogP contribution in [0.3, 0.4) is 0 Å². The fourth-order valence-electron chi connectivity index (χ4n) is 2.80. The van der Waals surface area contributed by atoms with Gasteiger partial charge in [0.2, 0.25) is 5.91 Å². The lowest BCUT2D eigenvalue weighted by molar-refractivity contribution is -0.129. The molecular weight excluding hydrogens is 262 g/mol. The number of benzene rings is 1. The summed E-state index contributed by atoms with van der Waals surface area (Å²) in [5, 5.41) is 3.23. The van der Waals surface area contributed by atoms with E-state index in [9.17, 15) is 4.79 Å². The van der Waals surface area contributed by atoms with Crippen LogP contribution in [0.1, 0.15) is 32.3 Å². The first-order valence-corrected chi connectivity index (χ1v) is 8.07. The Morgan fingerprint density at radius 3 is 2.33 bits per heavy atom. The molecule has 0 atom stereocenters. The lowest BCUT2D eigenvalue weighted by atomic mass is 10.2. The number of hydrogen-bond acceptors (Lipinski definition) is 3. The predicted octanol–water partition coefficient (Wildman–Crippen LogP) is 2.24. The van der Waals surface area contributed by atoms with Gasteiger partial charge in [-0.1, -0.05) is 12.1 Å². The third kappa shape index (κ3) is 4.46. The van der Waals surface area contributed by atoms with E-state index in [0.29, 0.717) is 6.54 Å². The molecule has 1 aromatic carbocycles. The molecule has 0 aromatic heterocycles. The molecule has 1 N–H and O–H groups in total. The molecule has 2 rings (SSSR count). The molecule has 0 aliphatic carbocycles. The Hall–Kier alpha value is -1.55. The maximum absolute atomic E-state index is 11.9. The molecule has 1 aromatic rings. The number of anilines is 1. The van der Waals surface area contributed by atoms with Crippen molar-refractivity contribution in [2.75, 3.05) is 37.6 Å². The summed E-state index contributed by atoms with van der Waals surface area (Å²) >= 11 is 0. The Morgan fingerprint density at radius 1 is 1.14 bits per heavy atom. The number of hydrogen-bond donors (Lipinski definition) is 1. The molecule has 1 amide bonds. The van der Waals surface area contributed by atoms with Crippen molar-refractivity contribution in [1.29, 1.82) is 0 Å². The van der Waals surface area contributed by atoms with Crippen molar-refractivity contribution in [2.24, 2.45) is 0 Å². The second-order valence-electron chi connectivity index (χ2n) is 5.53. The van der Waals surface area contributed by atoms with Crippen LogP contribution in [0.25, 0.3) is 0 Å². The van der Waals surface area contributed by atoms with Gasteiger partial charge in [0.25, 0.3) is 0 Å². The zero-order chi connectivity index (χ0) is 15.1. The highest BCUT2D eigenvalue weighted by molar-refractivity contribution is 5.78. The molecule has 1 fully saturated rings. The fraction of sp³-hybridized carbons (Fsp3) is 0.588. The Bertz CT molecular complexity index is 434. The largest absolute Gasteiger partial charge is 0.372 e. The number of rotatable bonds is 7. The Morgan fingerprint density at radius 2 is 1.76 bits per heavy atom. The second-order valence-corrected chi connectivity index (χ2v) is 5.53. The normalized spacial score (nSPS) is 14.5. The first kappa shape index (κ1) is 15.8. The van der Waals surface area contributed by atoms with Crippen LogP contribution in [-0.4, -0.2) is 43.5 Å². The highest BCUT2D eigenvalue weighted by Crippen LogP contribution is 2.20. The van der Waals surface area contributed by atoms with Crippen molar-refractivity contribution >= 4 is 11.6 Å². The SMILES string of the molecule is CCN(CC)C(=O)CNCc1ccc(N2CCCC2)cc1. The van der Waals surface area contributed by atoms with Crippen LogP contribution in [0.15, 0.2) is 24.3 Å². The standard InChI is InChI=1S/C17H27N3O/c1-3-19(4-2)17(21)14-18-13-15-7-9-16(10-8-15)20-11-5-6-12-20/h7-10,18H,3-6,11-14H2,1-2H3. The smallest absolute Gasteiger partial charge is 0.236 e. The van der Waals surface area contributed by atoms with Gasteiger partial charge in [0, 0.05) is 38.4 Å². The van der Waals surface area contributed by atoms with Crippen LogP contribution in [0.5, 0.6) is 0 Å². The van der Waals surface area contributed by atoms with Gasteiger partial charge in [-0.3, -0.25) is 4.79 Å². The summed E-state index contributed by atoms with van der Waals surface area (Å²) in [6.07, 6.45) is 2.60. The maximum atomic E-state index is 11.9. The summed E-state index contributed by atoms with van der Waals surface area (Å²) in [4.78, 5) is 16.2. The van der Waals surface area contributed by atoms with Crippen LogP contribution >= 0.6 is 0 Å². The molecule has 21 heavy (non-hydrogen) atoms. The van der Waals surface area contributed by atoms with E-state index in [1.54, 1.807) is 0 Å². The average molecular weight is 289 g/mol. The van der Waals surface area contributed by atoms with Gasteiger partial charge in [0.1, 0.15) is 0 Å². The van der Waals surface area contributed by atoms with Gasteiger partial charge in [0.15, 0.2) is 0 Å². The second kappa shape index (κ2) is 8.03. The van der Waals surface area contributed by atoms with Crippen molar-refractivity contribution in [3.63, 3.8) is 0 Å². The van der Waals surface area contributed by atoms with Gasteiger partial charge in [-0.25, -0.2) is 0 Å². The van der Waals surface area contributed by atoms with E-state index < -0.39 is 0 Å². The highest BCUT2D eigenvalue weighted by atomic mass is 16.2. The Balaban J connectivity index is 1.77. The lowest BCUT2D eigenvalue weighted by Gasteiger charge is -2.19. The zero-order valence-corrected chi connectivity index (χ0v) is 13.3. The van der Waals surface area contributed by atoms with Crippen LogP contribution in [-0.2, 0) is 11.3 Å². The molecule has 0 spiro atoms. The van der Waals surface area contributed by atoms with Gasteiger partial charge in [-0.2, -0.15) is 0 Å². The molecule has 4 nitrogen and oxygen atoms in total. The van der Waals surface area contributed by atoms with Gasteiger partial charge in [-0.05, 0) is 44.4 Å². The van der Waals surface area contributed by atoms with Gasteiger partial charge >= 0.3 is 0 Å². The molecule has 0 radical (unpaired) electrons. The van der Waals surface area contributed by atoms with Crippen molar-refractivity contribution < 1.29 is 4.79 Å². The highest BCUT2D eigenvalue weighted by Gasteiger charge is 2.12. The quantitative estimate of drug-likeness (QED) is 0.836. The van der Waals surface area contributed by atoms with Gasteiger partial charge in [-0.15, -0.1) is 0 Å². The summed E-state index contributed by atoms with van der Waals surface area (Å²) in [7, 11) is 0. The summed E-state index contributed by atoms with van der Waals surface area (Å²) in [6, 6.07) is 8.69. The summed E-state index contributed by atoms with van der Waals surface area (Å²) in [5.41, 5.74) is 2.54. The maximum Gasteiger partial charge on any atom is 0.236 e. The fourth-order valence-corrected chi connectivity index (χ4v) is 2.80. The summed E-state index contributed by atoms with van der Waals surface area (Å²) in [5.74, 6) is 0.175. The minimum atomic E-state index is 0.175. The van der Waals surface area contributed by atoms with Crippen LogP contribution in [0.2, 0.25) is 0 Å². The zero-order valence-electron chi connectivity index (χ0n) is 13.3. The van der Waals surface area contributed by atoms with E-state index in [-0.39, 0.29) is 5.91 Å². The molecule has 1 aliphatic rings. The van der Waals surface area contributed by atoms with E-state index >= 15 is 0 Å². The molecule has 116 valence electrons. The van der Waals surface area contributed by atoms with E-state index in [2.05, 4.69) is 34.5 Å². The Kier molecular flexibility index (Phi) is 6.05. The number of amides is 1. The minimum Gasteiger partial charge on any atom is -0.372 e. The molecular formula is C17H27N3O. The number of carbonyl (C=O) groups is 1. The first-order valence-electron chi connectivity index (χ1n) is 8.07. The van der Waals surface area contributed by atoms with Crippen molar-refractivity contribution in [1.82, 2.24) is 10.2 Å². The molecule has 0 bridgehead atoms. The number of likely N-dealkylation sites (N-methyl/N-ethyl adjacent to an activating group) is 1. The van der Waals surface area contributed by atoms with Gasteiger partial charge in [0.05, 0.1) is 6.54 Å². The number of carbonyl (C=O) groups excluding carboxylic acids is 1. The van der Waals surface area contributed by atoms with E-state index in [1.165, 1.54) is 37.2 Å². The summed E-state index contributed by atoms with van der Waals surface area (Å²) in [6.45, 7) is 9.09. The van der Waals surface area contributed by atoms with Crippen molar-refractivity contribution in [3.05, 3.63) is 29.8 Å². The monoisotopic (exact) mass is 289 g/mol. The molecule has 1 aliphatic heterocycles. The van der Waals surface area contributed by atoms with E-state index in [0.717, 1.165) is 19.6 Å². The predicted molar refractivity (Wildman–Crippen MR) is 87.5 cm³/mol. The number of nitrogens with zero attached hydrogens (tertiary/aromatic N) is 2. The average Bonchev–Trinajstić information content (AvgIpc) is 3.03. The number of nitrogens with one attached hydrogen (secondary N) is 1. The van der Waals surface area contributed by atoms with Crippen molar-refractivity contribution in [3.8, 4) is 0 Å². The van der Waals surface area contributed by atoms with Crippen LogP contribution < -0.4 is 10.2 Å².